The molecule has 0 saturated carbocycles. The number of hydrogen-bond donors (Lipinski definition) is 2. The van der Waals surface area contributed by atoms with Gasteiger partial charge < -0.3 is 15.1 Å². The van der Waals surface area contributed by atoms with Crippen LogP contribution in [0.25, 0.3) is 0 Å². The summed E-state index contributed by atoms with van der Waals surface area (Å²) in [4.78, 5) is 30.4. The van der Waals surface area contributed by atoms with Crippen LogP contribution >= 0.6 is 11.3 Å². The number of aromatic nitrogens is 2. The van der Waals surface area contributed by atoms with E-state index in [4.69, 9.17) is 0 Å². The molecule has 2 N–H and O–H groups in total. The van der Waals surface area contributed by atoms with Gasteiger partial charge in [0.15, 0.2) is 0 Å². The van der Waals surface area contributed by atoms with E-state index in [2.05, 4.69) is 27.0 Å². The molecule has 0 unspecified atom stereocenters. The molecule has 0 radical (unpaired) electrons. The fourth-order valence-electron chi connectivity index (χ4n) is 3.54. The maximum Gasteiger partial charge on any atom is 0.320 e. The average Bonchev–Trinajstić information content (AvgIpc) is 3.32. The van der Waals surface area contributed by atoms with Crippen LogP contribution in [0, 0.1) is 5.92 Å². The second-order valence-electron chi connectivity index (χ2n) is 6.58. The Morgan fingerprint density at radius 1 is 1.32 bits per heavy atom. The summed E-state index contributed by atoms with van der Waals surface area (Å²) in [5.41, 5.74) is 1.92. The Kier molecular flexibility index (Phi) is 4.44. The zero-order chi connectivity index (χ0) is 17.2. The molecule has 1 atom stereocenters. The molecule has 2 aromatic rings. The van der Waals surface area contributed by atoms with Crippen LogP contribution in [0.4, 0.5) is 10.5 Å². The highest BCUT2D eigenvalue weighted by Gasteiger charge is 2.32. The molecule has 3 amide bonds. The molecule has 0 aliphatic carbocycles. The second kappa shape index (κ2) is 6.87. The standard InChI is InChI=1S/C17H21N5O2S/c23-16(20-14-8-18-19-9-14)13-2-1-5-21(11-13)17(24)22-6-3-15-12(10-22)4-7-25-15/h4,7-9,13H,1-3,5-6,10-11H2,(H,18,19)(H,20,23)/t13-/m0/s1. The predicted octanol–water partition coefficient (Wildman–Crippen LogP) is 2.30. The molecule has 0 aromatic carbocycles. The van der Waals surface area contributed by atoms with Gasteiger partial charge in [0.1, 0.15) is 0 Å². The SMILES string of the molecule is O=C(Nc1cn[nH]c1)[C@H]1CCCN(C(=O)N2CCc3sccc3C2)C1. The highest BCUT2D eigenvalue weighted by molar-refractivity contribution is 7.10. The van der Waals surface area contributed by atoms with Gasteiger partial charge in [0.2, 0.25) is 5.91 Å². The molecule has 2 aromatic heterocycles. The quantitative estimate of drug-likeness (QED) is 0.863. The number of amides is 3. The Morgan fingerprint density at radius 2 is 2.24 bits per heavy atom. The zero-order valence-corrected chi connectivity index (χ0v) is 14.7. The van der Waals surface area contributed by atoms with Crippen LogP contribution in [0.3, 0.4) is 0 Å². The van der Waals surface area contributed by atoms with E-state index in [1.807, 2.05) is 9.80 Å². The minimum absolute atomic E-state index is 0.0438. The van der Waals surface area contributed by atoms with E-state index in [1.165, 1.54) is 10.4 Å². The third-order valence-electron chi connectivity index (χ3n) is 4.91. The van der Waals surface area contributed by atoms with E-state index in [0.29, 0.717) is 18.8 Å². The van der Waals surface area contributed by atoms with E-state index in [0.717, 1.165) is 32.4 Å². The molecule has 2 aliphatic heterocycles. The van der Waals surface area contributed by atoms with Crippen LogP contribution in [-0.4, -0.2) is 51.6 Å². The lowest BCUT2D eigenvalue weighted by Gasteiger charge is -2.37. The maximum atomic E-state index is 12.9. The van der Waals surface area contributed by atoms with Crippen LogP contribution in [-0.2, 0) is 17.8 Å². The molecule has 8 heteroatoms. The number of H-pyrrole nitrogens is 1. The molecule has 2 aliphatic rings. The third-order valence-corrected chi connectivity index (χ3v) is 5.93. The molecule has 7 nitrogen and oxygen atoms in total. The smallest absolute Gasteiger partial charge is 0.320 e. The van der Waals surface area contributed by atoms with Crippen molar-refractivity contribution in [3.8, 4) is 0 Å². The van der Waals surface area contributed by atoms with Crippen molar-refractivity contribution < 1.29 is 9.59 Å². The van der Waals surface area contributed by atoms with Crippen LogP contribution < -0.4 is 5.32 Å². The van der Waals surface area contributed by atoms with E-state index < -0.39 is 0 Å². The minimum atomic E-state index is -0.172. The Morgan fingerprint density at radius 3 is 3.08 bits per heavy atom. The van der Waals surface area contributed by atoms with Crippen LogP contribution in [0.1, 0.15) is 23.3 Å². The minimum Gasteiger partial charge on any atom is -0.324 e. The van der Waals surface area contributed by atoms with Crippen molar-refractivity contribution in [2.24, 2.45) is 5.92 Å². The lowest BCUT2D eigenvalue weighted by atomic mass is 9.97. The summed E-state index contributed by atoms with van der Waals surface area (Å²) in [7, 11) is 0. The van der Waals surface area contributed by atoms with Crippen LogP contribution in [0.5, 0.6) is 0 Å². The van der Waals surface area contributed by atoms with Crippen molar-refractivity contribution in [2.75, 3.05) is 25.0 Å². The molecule has 4 heterocycles. The summed E-state index contributed by atoms with van der Waals surface area (Å²) >= 11 is 1.77. The lowest BCUT2D eigenvalue weighted by Crippen LogP contribution is -2.50. The monoisotopic (exact) mass is 359 g/mol. The van der Waals surface area contributed by atoms with Gasteiger partial charge in [-0.1, -0.05) is 0 Å². The Bertz CT molecular complexity index is 757. The van der Waals surface area contributed by atoms with Gasteiger partial charge in [-0.2, -0.15) is 5.10 Å². The summed E-state index contributed by atoms with van der Waals surface area (Å²) in [6, 6.07) is 2.16. The van der Waals surface area contributed by atoms with Crippen molar-refractivity contribution in [2.45, 2.75) is 25.8 Å². The number of likely N-dealkylation sites (tertiary alicyclic amines) is 1. The van der Waals surface area contributed by atoms with Gasteiger partial charge >= 0.3 is 6.03 Å². The van der Waals surface area contributed by atoms with Gasteiger partial charge in [-0.25, -0.2) is 4.79 Å². The zero-order valence-electron chi connectivity index (χ0n) is 13.9. The molecule has 0 spiro atoms. The van der Waals surface area contributed by atoms with Gasteiger partial charge in [0, 0.05) is 37.3 Å². The lowest BCUT2D eigenvalue weighted by molar-refractivity contribution is -0.121. The number of thiophene rings is 1. The Balaban J connectivity index is 1.37. The summed E-state index contributed by atoms with van der Waals surface area (Å²) in [6.45, 7) is 2.64. The highest BCUT2D eigenvalue weighted by atomic mass is 32.1. The Labute approximate surface area is 150 Å². The highest BCUT2D eigenvalue weighted by Crippen LogP contribution is 2.26. The number of carbonyl (C=O) groups excluding carboxylic acids is 2. The van der Waals surface area contributed by atoms with E-state index in [1.54, 1.807) is 23.7 Å². The van der Waals surface area contributed by atoms with E-state index >= 15 is 0 Å². The van der Waals surface area contributed by atoms with Gasteiger partial charge in [0.25, 0.3) is 0 Å². The van der Waals surface area contributed by atoms with Crippen molar-refractivity contribution in [1.29, 1.82) is 0 Å². The molecule has 1 fully saturated rings. The van der Waals surface area contributed by atoms with Crippen molar-refractivity contribution in [3.63, 3.8) is 0 Å². The predicted molar refractivity (Wildman–Crippen MR) is 95.3 cm³/mol. The molecule has 1 saturated heterocycles. The van der Waals surface area contributed by atoms with Gasteiger partial charge in [-0.3, -0.25) is 9.89 Å². The van der Waals surface area contributed by atoms with E-state index in [9.17, 15) is 9.59 Å². The van der Waals surface area contributed by atoms with Gasteiger partial charge in [-0.05, 0) is 36.3 Å². The topological polar surface area (TPSA) is 81.3 Å². The maximum absolute atomic E-state index is 12.9. The number of urea groups is 1. The first-order valence-electron chi connectivity index (χ1n) is 8.59. The van der Waals surface area contributed by atoms with Crippen LogP contribution in [0.2, 0.25) is 0 Å². The van der Waals surface area contributed by atoms with E-state index in [-0.39, 0.29) is 17.9 Å². The van der Waals surface area contributed by atoms with Gasteiger partial charge in [0.05, 0.1) is 17.8 Å². The number of carbonyl (C=O) groups is 2. The number of nitrogens with one attached hydrogen (secondary N) is 2. The summed E-state index contributed by atoms with van der Waals surface area (Å²) in [6.07, 6.45) is 5.82. The average molecular weight is 359 g/mol. The molecular formula is C17H21N5O2S. The largest absolute Gasteiger partial charge is 0.324 e. The number of fused-ring (bicyclic) bond motifs is 1. The first kappa shape index (κ1) is 16.1. The molecule has 132 valence electrons. The first-order valence-corrected chi connectivity index (χ1v) is 9.47. The van der Waals surface area contributed by atoms with Gasteiger partial charge in [-0.15, -0.1) is 11.3 Å². The van der Waals surface area contributed by atoms with Crippen LogP contribution in [0.15, 0.2) is 23.8 Å². The fraction of sp³-hybridized carbons (Fsp3) is 0.471. The number of anilines is 1. The molecule has 25 heavy (non-hydrogen) atoms. The van der Waals surface area contributed by atoms with Crippen molar-refractivity contribution >= 4 is 29.0 Å². The number of nitrogens with zero attached hydrogens (tertiary/aromatic N) is 3. The molecule has 4 rings (SSSR count). The third kappa shape index (κ3) is 3.39. The second-order valence-corrected chi connectivity index (χ2v) is 7.59. The van der Waals surface area contributed by atoms with Crippen molar-refractivity contribution in [1.82, 2.24) is 20.0 Å². The summed E-state index contributed by atoms with van der Waals surface area (Å²) in [5, 5.41) is 11.5. The molecule has 0 bridgehead atoms. The Hall–Kier alpha value is -2.35. The fourth-order valence-corrected chi connectivity index (χ4v) is 4.43. The number of hydrogen-bond acceptors (Lipinski definition) is 4. The number of aromatic amines is 1. The summed E-state index contributed by atoms with van der Waals surface area (Å²) < 4.78 is 0. The summed E-state index contributed by atoms with van der Waals surface area (Å²) in [5.74, 6) is -0.216. The van der Waals surface area contributed by atoms with Crippen molar-refractivity contribution in [3.05, 3.63) is 34.3 Å². The number of rotatable bonds is 2. The first-order chi connectivity index (χ1) is 12.2. The molecular weight excluding hydrogens is 338 g/mol. The normalized spacial score (nSPS) is 20.2. The number of piperidine rings is 1.